The Bertz CT molecular complexity index is 774. The first-order chi connectivity index (χ1) is 13.1. The number of halogens is 1. The molecule has 1 saturated heterocycles. The van der Waals surface area contributed by atoms with Crippen LogP contribution in [-0.4, -0.2) is 55.6 Å². The predicted molar refractivity (Wildman–Crippen MR) is 104 cm³/mol. The Morgan fingerprint density at radius 1 is 1.30 bits per heavy atom. The number of nitrogens with zero attached hydrogens (tertiary/aromatic N) is 2. The summed E-state index contributed by atoms with van der Waals surface area (Å²) in [6.07, 6.45) is 1.64. The molecular formula is C20H26FN5O. The third kappa shape index (κ3) is 5.02. The Labute approximate surface area is 159 Å². The maximum absolute atomic E-state index is 14.1. The van der Waals surface area contributed by atoms with Crippen molar-refractivity contribution in [3.05, 3.63) is 59.2 Å². The van der Waals surface area contributed by atoms with Gasteiger partial charge < -0.3 is 16.0 Å². The van der Waals surface area contributed by atoms with Gasteiger partial charge in [0.15, 0.2) is 0 Å². The average molecular weight is 371 g/mol. The number of aryl methyl sites for hydroxylation is 1. The fraction of sp³-hybridized carbons (Fsp3) is 0.400. The topological polar surface area (TPSA) is 69.3 Å². The van der Waals surface area contributed by atoms with Gasteiger partial charge in [0.05, 0.1) is 17.9 Å². The minimum absolute atomic E-state index is 0.0779. The number of anilines is 1. The maximum Gasteiger partial charge on any atom is 0.269 e. The Balaban J connectivity index is 1.80. The van der Waals surface area contributed by atoms with Crippen LogP contribution in [0.4, 0.5) is 10.1 Å². The van der Waals surface area contributed by atoms with Gasteiger partial charge in [-0.3, -0.25) is 9.69 Å². The van der Waals surface area contributed by atoms with E-state index in [-0.39, 0.29) is 17.8 Å². The number of carbonyl (C=O) groups is 1. The lowest BCUT2D eigenvalue weighted by Gasteiger charge is -2.32. The smallest absolute Gasteiger partial charge is 0.269 e. The highest BCUT2D eigenvalue weighted by atomic mass is 19.1. The zero-order valence-electron chi connectivity index (χ0n) is 15.8. The Morgan fingerprint density at radius 2 is 2.07 bits per heavy atom. The number of nitrogens with one attached hydrogen (secondary N) is 3. The van der Waals surface area contributed by atoms with Crippen LogP contribution >= 0.6 is 0 Å². The lowest BCUT2D eigenvalue weighted by atomic mass is 10.0. The molecule has 0 bridgehead atoms. The number of pyridine rings is 1. The molecule has 0 radical (unpaired) electrons. The van der Waals surface area contributed by atoms with Crippen LogP contribution in [0, 0.1) is 12.7 Å². The van der Waals surface area contributed by atoms with Crippen LogP contribution in [0.15, 0.2) is 36.5 Å². The summed E-state index contributed by atoms with van der Waals surface area (Å²) < 4.78 is 14.1. The van der Waals surface area contributed by atoms with E-state index in [0.29, 0.717) is 11.3 Å². The number of carbonyl (C=O) groups excluding carboxylic acids is 1. The molecule has 1 aliphatic rings. The van der Waals surface area contributed by atoms with E-state index in [9.17, 15) is 9.18 Å². The summed E-state index contributed by atoms with van der Waals surface area (Å²) in [7, 11) is 1.58. The molecule has 144 valence electrons. The number of benzene rings is 1. The summed E-state index contributed by atoms with van der Waals surface area (Å²) in [5.74, 6) is -0.424. The lowest BCUT2D eigenvalue weighted by Crippen LogP contribution is -2.45. The minimum Gasteiger partial charge on any atom is -0.376 e. The van der Waals surface area contributed by atoms with Crippen LogP contribution in [-0.2, 0) is 0 Å². The van der Waals surface area contributed by atoms with Crippen molar-refractivity contribution >= 4 is 11.6 Å². The number of piperazine rings is 1. The third-order valence-corrected chi connectivity index (χ3v) is 4.81. The highest BCUT2D eigenvalue weighted by Crippen LogP contribution is 2.23. The van der Waals surface area contributed by atoms with Gasteiger partial charge in [-0.25, -0.2) is 9.37 Å². The van der Waals surface area contributed by atoms with Crippen LogP contribution in [0.5, 0.6) is 0 Å². The standard InChI is InChI=1S/C20H26FN5O/c1-14-3-4-15(11-17(14)21)19(13-26-9-7-23-8-10-26)25-16-5-6-18(24-12-16)20(27)22-2/h3-6,11-12,19,23,25H,7-10,13H2,1-2H3,(H,22,27). The highest BCUT2D eigenvalue weighted by molar-refractivity contribution is 5.92. The van der Waals surface area contributed by atoms with Crippen LogP contribution < -0.4 is 16.0 Å². The summed E-state index contributed by atoms with van der Waals surface area (Å²) in [6.45, 7) is 6.36. The Hall–Kier alpha value is -2.51. The third-order valence-electron chi connectivity index (χ3n) is 4.81. The van der Waals surface area contributed by atoms with E-state index in [1.54, 1.807) is 32.3 Å². The molecule has 1 aliphatic heterocycles. The lowest BCUT2D eigenvalue weighted by molar-refractivity contribution is 0.0958. The van der Waals surface area contributed by atoms with E-state index in [0.717, 1.165) is 44.0 Å². The van der Waals surface area contributed by atoms with Crippen molar-refractivity contribution in [3.63, 3.8) is 0 Å². The SMILES string of the molecule is CNC(=O)c1ccc(NC(CN2CCNCC2)c2ccc(C)c(F)c2)cn1. The molecule has 6 nitrogen and oxygen atoms in total. The van der Waals surface area contributed by atoms with Gasteiger partial charge >= 0.3 is 0 Å². The van der Waals surface area contributed by atoms with Crippen LogP contribution in [0.3, 0.4) is 0 Å². The normalized spacial score (nSPS) is 16.0. The van der Waals surface area contributed by atoms with Crippen LogP contribution in [0.2, 0.25) is 0 Å². The molecule has 1 unspecified atom stereocenters. The van der Waals surface area contributed by atoms with E-state index < -0.39 is 0 Å². The zero-order valence-corrected chi connectivity index (χ0v) is 15.8. The molecule has 1 aromatic carbocycles. The van der Waals surface area contributed by atoms with Crippen molar-refractivity contribution in [1.29, 1.82) is 0 Å². The predicted octanol–water partition coefficient (Wildman–Crippen LogP) is 1.95. The van der Waals surface area contributed by atoms with Gasteiger partial charge in [0.1, 0.15) is 11.5 Å². The van der Waals surface area contributed by atoms with E-state index >= 15 is 0 Å². The number of rotatable bonds is 6. The first kappa shape index (κ1) is 19.3. The number of aromatic nitrogens is 1. The second-order valence-electron chi connectivity index (χ2n) is 6.77. The van der Waals surface area contributed by atoms with Crippen molar-refractivity contribution in [2.24, 2.45) is 0 Å². The van der Waals surface area contributed by atoms with Gasteiger partial charge in [-0.15, -0.1) is 0 Å². The molecule has 2 heterocycles. The molecule has 1 atom stereocenters. The fourth-order valence-corrected chi connectivity index (χ4v) is 3.15. The molecule has 1 aromatic heterocycles. The molecule has 1 amide bonds. The molecule has 3 rings (SSSR count). The van der Waals surface area contributed by atoms with Crippen molar-refractivity contribution in [3.8, 4) is 0 Å². The van der Waals surface area contributed by atoms with Gasteiger partial charge in [0, 0.05) is 39.8 Å². The van der Waals surface area contributed by atoms with E-state index in [4.69, 9.17) is 0 Å². The van der Waals surface area contributed by atoms with Gasteiger partial charge in [0.2, 0.25) is 0 Å². The minimum atomic E-state index is -0.223. The van der Waals surface area contributed by atoms with Crippen molar-refractivity contribution < 1.29 is 9.18 Å². The number of amides is 1. The van der Waals surface area contributed by atoms with Crippen molar-refractivity contribution in [1.82, 2.24) is 20.5 Å². The molecule has 3 N–H and O–H groups in total. The first-order valence-corrected chi connectivity index (χ1v) is 9.20. The number of hydrogen-bond acceptors (Lipinski definition) is 5. The molecule has 2 aromatic rings. The van der Waals surface area contributed by atoms with E-state index in [1.807, 2.05) is 18.2 Å². The monoisotopic (exact) mass is 371 g/mol. The summed E-state index contributed by atoms with van der Waals surface area (Å²) in [5.41, 5.74) is 2.69. The largest absolute Gasteiger partial charge is 0.376 e. The summed E-state index contributed by atoms with van der Waals surface area (Å²) in [5, 5.41) is 9.35. The second-order valence-corrected chi connectivity index (χ2v) is 6.77. The summed E-state index contributed by atoms with van der Waals surface area (Å²) in [6, 6.07) is 8.80. The Kier molecular flexibility index (Phi) is 6.36. The molecule has 1 fully saturated rings. The highest BCUT2D eigenvalue weighted by Gasteiger charge is 2.19. The van der Waals surface area contributed by atoms with E-state index in [1.165, 1.54) is 0 Å². The van der Waals surface area contributed by atoms with Crippen LogP contribution in [0.1, 0.15) is 27.7 Å². The van der Waals surface area contributed by atoms with Gasteiger partial charge in [0.25, 0.3) is 5.91 Å². The summed E-state index contributed by atoms with van der Waals surface area (Å²) in [4.78, 5) is 18.2. The van der Waals surface area contributed by atoms with Crippen LogP contribution in [0.25, 0.3) is 0 Å². The molecule has 7 heteroatoms. The summed E-state index contributed by atoms with van der Waals surface area (Å²) >= 11 is 0. The maximum atomic E-state index is 14.1. The van der Waals surface area contributed by atoms with Gasteiger partial charge in [-0.2, -0.15) is 0 Å². The van der Waals surface area contributed by atoms with Crippen molar-refractivity contribution in [2.45, 2.75) is 13.0 Å². The molecular weight excluding hydrogens is 345 g/mol. The van der Waals surface area contributed by atoms with E-state index in [2.05, 4.69) is 25.8 Å². The Morgan fingerprint density at radius 3 is 2.70 bits per heavy atom. The van der Waals surface area contributed by atoms with Crippen molar-refractivity contribution in [2.75, 3.05) is 45.1 Å². The zero-order chi connectivity index (χ0) is 19.2. The quantitative estimate of drug-likeness (QED) is 0.724. The van der Waals surface area contributed by atoms with Gasteiger partial charge in [-0.05, 0) is 36.2 Å². The van der Waals surface area contributed by atoms with Gasteiger partial charge in [-0.1, -0.05) is 12.1 Å². The molecule has 0 saturated carbocycles. The fourth-order valence-electron chi connectivity index (χ4n) is 3.15. The molecule has 0 aliphatic carbocycles. The number of hydrogen-bond donors (Lipinski definition) is 3. The first-order valence-electron chi connectivity index (χ1n) is 9.20. The second kappa shape index (κ2) is 8.92. The average Bonchev–Trinajstić information content (AvgIpc) is 2.70. The molecule has 0 spiro atoms. The molecule has 27 heavy (non-hydrogen) atoms.